The van der Waals surface area contributed by atoms with Crippen LogP contribution in [-0.2, 0) is 21.5 Å². The summed E-state index contributed by atoms with van der Waals surface area (Å²) in [5, 5.41) is 3.77. The summed E-state index contributed by atoms with van der Waals surface area (Å²) in [5.41, 5.74) is 0.468. The molecule has 1 aromatic carbocycles. The van der Waals surface area contributed by atoms with Gasteiger partial charge in [0.15, 0.2) is 0 Å². The molecule has 0 bridgehead atoms. The lowest BCUT2D eigenvalue weighted by Gasteiger charge is -2.22. The van der Waals surface area contributed by atoms with Gasteiger partial charge in [0, 0.05) is 12.0 Å². The molecule has 0 N–H and O–H groups in total. The van der Waals surface area contributed by atoms with Crippen LogP contribution in [0, 0.1) is 5.82 Å². The molecule has 1 aliphatic heterocycles. The van der Waals surface area contributed by atoms with E-state index in [1.807, 2.05) is 16.8 Å². The molecule has 1 aromatic heterocycles. The fourth-order valence-corrected chi connectivity index (χ4v) is 3.68. The molecule has 2 amide bonds. The monoisotopic (exact) mass is 333 g/mol. The Labute approximate surface area is 137 Å². The predicted molar refractivity (Wildman–Crippen MR) is 84.8 cm³/mol. The Hall–Kier alpha value is -2.21. The van der Waals surface area contributed by atoms with E-state index in [-0.39, 0.29) is 24.8 Å². The Kier molecular flexibility index (Phi) is 3.93. The number of hydrogen-bond acceptors (Lipinski definition) is 4. The molecule has 4 nitrogen and oxygen atoms in total. The van der Waals surface area contributed by atoms with Crippen molar-refractivity contribution in [3.05, 3.63) is 52.0 Å². The van der Waals surface area contributed by atoms with E-state index in [9.17, 15) is 14.0 Å². The maximum absolute atomic E-state index is 13.5. The van der Waals surface area contributed by atoms with Crippen molar-refractivity contribution >= 4 is 23.2 Å². The Morgan fingerprint density at radius 2 is 2.13 bits per heavy atom. The van der Waals surface area contributed by atoms with Gasteiger partial charge < -0.3 is 4.74 Å². The quantitative estimate of drug-likeness (QED) is 0.808. The molecule has 2 aromatic rings. The molecule has 6 heteroatoms. The van der Waals surface area contributed by atoms with Gasteiger partial charge in [-0.15, -0.1) is 0 Å². The smallest absolute Gasteiger partial charge is 0.240 e. The number of likely N-dealkylation sites (tertiary alicyclic amines) is 1. The van der Waals surface area contributed by atoms with Gasteiger partial charge in [-0.2, -0.15) is 11.3 Å². The number of benzene rings is 1. The van der Waals surface area contributed by atoms with Crippen molar-refractivity contribution in [2.45, 2.75) is 25.3 Å². The van der Waals surface area contributed by atoms with E-state index in [2.05, 4.69) is 0 Å². The molecular formula is C17H16FNO3S. The molecule has 1 aliphatic rings. The van der Waals surface area contributed by atoms with Gasteiger partial charge in [0.1, 0.15) is 11.6 Å². The summed E-state index contributed by atoms with van der Waals surface area (Å²) in [6.07, 6.45) is 0.125. The zero-order valence-corrected chi connectivity index (χ0v) is 13.7. The van der Waals surface area contributed by atoms with E-state index in [0.717, 1.165) is 5.56 Å². The average Bonchev–Trinajstić information content (AvgIpc) is 3.12. The summed E-state index contributed by atoms with van der Waals surface area (Å²) in [6.45, 7) is 1.79. The summed E-state index contributed by atoms with van der Waals surface area (Å²) < 4.78 is 18.7. The Morgan fingerprint density at radius 3 is 2.78 bits per heavy atom. The highest BCUT2D eigenvalue weighted by Crippen LogP contribution is 2.38. The maximum Gasteiger partial charge on any atom is 0.240 e. The molecule has 1 saturated heterocycles. The highest BCUT2D eigenvalue weighted by Gasteiger charge is 2.49. The number of ether oxygens (including phenoxy) is 1. The third kappa shape index (κ3) is 2.63. The number of nitrogens with zero attached hydrogens (tertiary/aromatic N) is 1. The van der Waals surface area contributed by atoms with Crippen LogP contribution >= 0.6 is 11.3 Å². The number of imide groups is 1. The standard InChI is InChI=1S/C17H16FNO3S/c1-17(12-5-6-23-10-12)8-15(20)19(16(17)21)9-11-7-13(18)3-4-14(11)22-2/h3-7,10H,8-9H2,1-2H3/t17-/m1/s1. The highest BCUT2D eigenvalue weighted by molar-refractivity contribution is 7.08. The lowest BCUT2D eigenvalue weighted by atomic mass is 9.83. The lowest BCUT2D eigenvalue weighted by Crippen LogP contribution is -2.36. The van der Waals surface area contributed by atoms with Crippen molar-refractivity contribution in [1.82, 2.24) is 4.90 Å². The van der Waals surface area contributed by atoms with Crippen LogP contribution in [-0.4, -0.2) is 23.8 Å². The molecule has 0 spiro atoms. The molecule has 0 radical (unpaired) electrons. The van der Waals surface area contributed by atoms with E-state index in [4.69, 9.17) is 4.74 Å². The fraction of sp³-hybridized carbons (Fsp3) is 0.294. The maximum atomic E-state index is 13.5. The van der Waals surface area contributed by atoms with E-state index in [0.29, 0.717) is 11.3 Å². The summed E-state index contributed by atoms with van der Waals surface area (Å²) in [7, 11) is 1.47. The van der Waals surface area contributed by atoms with E-state index < -0.39 is 11.2 Å². The van der Waals surface area contributed by atoms with Gasteiger partial charge in [-0.25, -0.2) is 4.39 Å². The second-order valence-corrected chi connectivity index (χ2v) is 6.54. The summed E-state index contributed by atoms with van der Waals surface area (Å²) in [6, 6.07) is 5.93. The minimum Gasteiger partial charge on any atom is -0.496 e. The molecule has 0 aliphatic carbocycles. The molecule has 3 rings (SSSR count). The van der Waals surface area contributed by atoms with Gasteiger partial charge in [0.05, 0.1) is 19.1 Å². The SMILES string of the molecule is COc1ccc(F)cc1CN1C(=O)C[C@](C)(c2ccsc2)C1=O. The Morgan fingerprint density at radius 1 is 1.35 bits per heavy atom. The number of amides is 2. The molecule has 120 valence electrons. The fourth-order valence-electron chi connectivity index (χ4n) is 2.89. The van der Waals surface area contributed by atoms with Crippen LogP contribution in [0.5, 0.6) is 5.75 Å². The topological polar surface area (TPSA) is 46.6 Å². The zero-order valence-electron chi connectivity index (χ0n) is 12.8. The summed E-state index contributed by atoms with van der Waals surface area (Å²) in [5.74, 6) is -0.487. The lowest BCUT2D eigenvalue weighted by molar-refractivity contribution is -0.140. The number of carbonyl (C=O) groups excluding carboxylic acids is 2. The van der Waals surface area contributed by atoms with Crippen molar-refractivity contribution in [1.29, 1.82) is 0 Å². The first-order chi connectivity index (χ1) is 11.0. The molecule has 0 unspecified atom stereocenters. The second-order valence-electron chi connectivity index (χ2n) is 5.76. The van der Waals surface area contributed by atoms with Crippen LogP contribution in [0.2, 0.25) is 0 Å². The first kappa shape index (κ1) is 15.7. The third-order valence-corrected chi connectivity index (χ3v) is 4.94. The van der Waals surface area contributed by atoms with Crippen LogP contribution in [0.15, 0.2) is 35.0 Å². The number of carbonyl (C=O) groups is 2. The molecule has 0 saturated carbocycles. The van der Waals surface area contributed by atoms with Crippen LogP contribution in [0.25, 0.3) is 0 Å². The predicted octanol–water partition coefficient (Wildman–Crippen LogP) is 3.11. The zero-order chi connectivity index (χ0) is 16.6. The van der Waals surface area contributed by atoms with Gasteiger partial charge >= 0.3 is 0 Å². The molecule has 2 heterocycles. The van der Waals surface area contributed by atoms with E-state index >= 15 is 0 Å². The van der Waals surface area contributed by atoms with Crippen molar-refractivity contribution in [3.63, 3.8) is 0 Å². The van der Waals surface area contributed by atoms with Gasteiger partial charge in [-0.05, 0) is 47.5 Å². The number of hydrogen-bond donors (Lipinski definition) is 0. The molecular weight excluding hydrogens is 317 g/mol. The van der Waals surface area contributed by atoms with Crippen LogP contribution in [0.3, 0.4) is 0 Å². The van der Waals surface area contributed by atoms with Gasteiger partial charge in [0.25, 0.3) is 0 Å². The number of halogens is 1. The Balaban J connectivity index is 1.91. The second kappa shape index (κ2) is 5.77. The summed E-state index contributed by atoms with van der Waals surface area (Å²) in [4.78, 5) is 26.3. The van der Waals surface area contributed by atoms with Crippen molar-refractivity contribution in [2.24, 2.45) is 0 Å². The third-order valence-electron chi connectivity index (χ3n) is 4.25. The van der Waals surface area contributed by atoms with Crippen LogP contribution < -0.4 is 4.74 Å². The van der Waals surface area contributed by atoms with Gasteiger partial charge in [-0.3, -0.25) is 14.5 Å². The van der Waals surface area contributed by atoms with Crippen LogP contribution in [0.4, 0.5) is 4.39 Å². The van der Waals surface area contributed by atoms with Crippen LogP contribution in [0.1, 0.15) is 24.5 Å². The number of rotatable bonds is 4. The largest absolute Gasteiger partial charge is 0.496 e. The number of thiophene rings is 1. The molecule has 1 fully saturated rings. The minimum atomic E-state index is -0.850. The van der Waals surface area contributed by atoms with Crippen molar-refractivity contribution < 1.29 is 18.7 Å². The molecule has 23 heavy (non-hydrogen) atoms. The van der Waals surface area contributed by atoms with Crippen molar-refractivity contribution in [2.75, 3.05) is 7.11 Å². The van der Waals surface area contributed by atoms with E-state index in [1.54, 1.807) is 6.92 Å². The highest BCUT2D eigenvalue weighted by atomic mass is 32.1. The summed E-state index contributed by atoms with van der Waals surface area (Å²) >= 11 is 1.49. The minimum absolute atomic E-state index is 0.0122. The van der Waals surface area contributed by atoms with Gasteiger partial charge in [-0.1, -0.05) is 0 Å². The van der Waals surface area contributed by atoms with Crippen molar-refractivity contribution in [3.8, 4) is 5.75 Å². The molecule has 1 atom stereocenters. The first-order valence-corrected chi connectivity index (χ1v) is 8.10. The first-order valence-electron chi connectivity index (χ1n) is 7.15. The number of methoxy groups -OCH3 is 1. The Bertz CT molecular complexity index is 759. The average molecular weight is 333 g/mol. The normalized spacial score (nSPS) is 21.1. The van der Waals surface area contributed by atoms with E-state index in [1.165, 1.54) is 41.5 Å². The van der Waals surface area contributed by atoms with Gasteiger partial charge in [0.2, 0.25) is 11.8 Å².